The van der Waals surface area contributed by atoms with E-state index in [4.69, 9.17) is 0 Å². The van der Waals surface area contributed by atoms with E-state index in [1.165, 1.54) is 0 Å². The van der Waals surface area contributed by atoms with Gasteiger partial charge in [0, 0.05) is 0 Å². The van der Waals surface area contributed by atoms with E-state index >= 15 is 0 Å². The molecule has 1 nitrogen and oxygen atoms in total. The molecule has 0 saturated carbocycles. The standard InChI is InChI=1S/C18F30O/c19-3-1(4(20)6(22)2(5(3)21)8(25,26)27)7(23,24)9(28,29)10(30,31)11(32,33)12(34,35)13(36,37)14(38,39)18(47,48)49-15(40,16(41,42)43)17(44,45)46. The topological polar surface area (TPSA) is 9.23 Å². The zero-order chi connectivity index (χ0) is 40.2. The van der Waals surface area contributed by atoms with Gasteiger partial charge >= 0.3 is 72.0 Å². The van der Waals surface area contributed by atoms with Gasteiger partial charge in [-0.3, -0.25) is 4.74 Å². The number of halogens is 30. The summed E-state index contributed by atoms with van der Waals surface area (Å²) in [7, 11) is 0. The fraction of sp³-hybridized carbons (Fsp3) is 0.667. The first kappa shape index (κ1) is 44.1. The number of rotatable bonds is 10. The molecule has 288 valence electrons. The molecule has 0 unspecified atom stereocenters. The van der Waals surface area contributed by atoms with Crippen LogP contribution < -0.4 is 0 Å². The van der Waals surface area contributed by atoms with Crippen LogP contribution in [0.15, 0.2) is 0 Å². The second-order valence-electron chi connectivity index (χ2n) is 8.73. The fourth-order valence-electron chi connectivity index (χ4n) is 3.00. The lowest BCUT2D eigenvalue weighted by Gasteiger charge is -2.44. The maximum Gasteiger partial charge on any atom is 0.458 e. The van der Waals surface area contributed by atoms with Crippen molar-refractivity contribution in [1.82, 2.24) is 0 Å². The van der Waals surface area contributed by atoms with Crippen molar-refractivity contribution in [2.75, 3.05) is 0 Å². The molecule has 0 saturated heterocycles. The number of hydrogen-bond donors (Lipinski definition) is 0. The molecule has 0 aliphatic rings. The van der Waals surface area contributed by atoms with Crippen LogP contribution in [0.4, 0.5) is 132 Å². The molecule has 0 fully saturated rings. The second kappa shape index (κ2) is 11.3. The van der Waals surface area contributed by atoms with Gasteiger partial charge in [0.2, 0.25) is 0 Å². The van der Waals surface area contributed by atoms with E-state index in [9.17, 15) is 132 Å². The summed E-state index contributed by atoms with van der Waals surface area (Å²) in [6.45, 7) is 0. The van der Waals surface area contributed by atoms with Gasteiger partial charge in [0.25, 0.3) is 0 Å². The van der Waals surface area contributed by atoms with Crippen molar-refractivity contribution in [1.29, 1.82) is 0 Å². The van der Waals surface area contributed by atoms with Gasteiger partial charge in [0.05, 0.1) is 0 Å². The van der Waals surface area contributed by atoms with Gasteiger partial charge in [-0.05, 0) is 0 Å². The van der Waals surface area contributed by atoms with E-state index in [0.717, 1.165) is 4.74 Å². The molecular formula is C18F30O. The predicted molar refractivity (Wildman–Crippen MR) is 86.8 cm³/mol. The quantitative estimate of drug-likeness (QED) is 0.169. The predicted octanol–water partition coefficient (Wildman–Crippen LogP) is 10.6. The lowest BCUT2D eigenvalue weighted by molar-refractivity contribution is -0.528. The third-order valence-corrected chi connectivity index (χ3v) is 5.59. The fourth-order valence-corrected chi connectivity index (χ4v) is 3.00. The molecule has 0 heterocycles. The normalized spacial score (nSPS) is 16.0. The van der Waals surface area contributed by atoms with Crippen LogP contribution in [0.2, 0.25) is 0 Å². The van der Waals surface area contributed by atoms with Crippen molar-refractivity contribution in [2.45, 2.75) is 72.0 Å². The number of ether oxygens (including phenoxy) is 1. The Kier molecular flexibility index (Phi) is 10.2. The maximum atomic E-state index is 14.2. The molecule has 31 heteroatoms. The summed E-state index contributed by atoms with van der Waals surface area (Å²) in [6.07, 6.45) is -32.2. The third kappa shape index (κ3) is 5.80. The van der Waals surface area contributed by atoms with Crippen molar-refractivity contribution >= 4 is 0 Å². The zero-order valence-corrected chi connectivity index (χ0v) is 20.7. The molecule has 0 bridgehead atoms. The van der Waals surface area contributed by atoms with Gasteiger partial charge in [0.15, 0.2) is 23.3 Å². The van der Waals surface area contributed by atoms with Gasteiger partial charge in [-0.15, -0.1) is 0 Å². The second-order valence-corrected chi connectivity index (χ2v) is 8.73. The first-order valence-corrected chi connectivity index (χ1v) is 10.3. The molecule has 1 aromatic rings. The minimum atomic E-state index is -9.72. The Bertz CT molecular complexity index is 1360. The van der Waals surface area contributed by atoms with E-state index in [0.29, 0.717) is 0 Å². The number of alkyl halides is 26. The van der Waals surface area contributed by atoms with Gasteiger partial charge in [0.1, 0.15) is 11.1 Å². The summed E-state index contributed by atoms with van der Waals surface area (Å²) in [5, 5.41) is 0. The van der Waals surface area contributed by atoms with Crippen LogP contribution in [0.3, 0.4) is 0 Å². The van der Waals surface area contributed by atoms with E-state index in [1.807, 2.05) is 0 Å². The molecule has 0 atom stereocenters. The van der Waals surface area contributed by atoms with E-state index in [1.54, 1.807) is 0 Å². The molecule has 49 heavy (non-hydrogen) atoms. The average Bonchev–Trinajstić information content (AvgIpc) is 2.84. The summed E-state index contributed by atoms with van der Waals surface area (Å²) in [6, 6.07) is 0. The van der Waals surface area contributed by atoms with E-state index < -0.39 is 106 Å². The van der Waals surface area contributed by atoms with Gasteiger partial charge in [-0.2, -0.15) is 114 Å². The van der Waals surface area contributed by atoms with Gasteiger partial charge < -0.3 is 0 Å². The summed E-state index contributed by atoms with van der Waals surface area (Å²) >= 11 is 0. The lowest BCUT2D eigenvalue weighted by Crippen LogP contribution is -2.75. The minimum Gasteiger partial charge on any atom is -0.262 e. The van der Waals surface area contributed by atoms with Gasteiger partial charge in [-0.1, -0.05) is 0 Å². The highest BCUT2D eigenvalue weighted by molar-refractivity contribution is 5.36. The molecule has 1 rings (SSSR count). The summed E-state index contributed by atoms with van der Waals surface area (Å²) in [5.74, 6) is -91.9. The Labute approximate surface area is 244 Å². The van der Waals surface area contributed by atoms with Crippen molar-refractivity contribution in [2.24, 2.45) is 0 Å². The Morgan fingerprint density at radius 3 is 0.816 bits per heavy atom. The molecule has 0 spiro atoms. The summed E-state index contributed by atoms with van der Waals surface area (Å²) in [5.41, 5.74) is -8.91. The smallest absolute Gasteiger partial charge is 0.262 e. The SMILES string of the molecule is Fc1c(F)c(C(F)(F)C(F)(F)C(F)(F)C(F)(F)C(F)(F)C(F)(F)C(F)(F)C(F)(F)OC(F)(C(F)(F)F)C(F)(F)F)c(F)c(F)c1C(F)(F)F. The van der Waals surface area contributed by atoms with Crippen LogP contribution in [0.5, 0.6) is 0 Å². The van der Waals surface area contributed by atoms with E-state index in [-0.39, 0.29) is 0 Å². The first-order chi connectivity index (χ1) is 20.8. The van der Waals surface area contributed by atoms with Crippen LogP contribution >= 0.6 is 0 Å². The zero-order valence-electron chi connectivity index (χ0n) is 20.7. The van der Waals surface area contributed by atoms with Crippen molar-refractivity contribution in [3.8, 4) is 0 Å². The highest BCUT2D eigenvalue weighted by atomic mass is 19.4. The Morgan fingerprint density at radius 2 is 0.551 bits per heavy atom. The lowest BCUT2D eigenvalue weighted by atomic mass is 9.86. The molecule has 0 aliphatic carbocycles. The summed E-state index contributed by atoms with van der Waals surface area (Å²) in [4.78, 5) is 0. The Morgan fingerprint density at radius 1 is 0.306 bits per heavy atom. The van der Waals surface area contributed by atoms with Gasteiger partial charge in [-0.25, -0.2) is 17.6 Å². The first-order valence-electron chi connectivity index (χ1n) is 10.3. The Hall–Kier alpha value is -2.92. The Balaban J connectivity index is 4.03. The summed E-state index contributed by atoms with van der Waals surface area (Å²) < 4.78 is 401. The third-order valence-electron chi connectivity index (χ3n) is 5.59. The molecule has 0 amide bonds. The van der Waals surface area contributed by atoms with Crippen LogP contribution in [-0.2, 0) is 16.8 Å². The molecular weight excluding hydrogens is 802 g/mol. The minimum absolute atomic E-state index is 0.812. The molecule has 0 N–H and O–H groups in total. The molecule has 0 aliphatic heterocycles. The van der Waals surface area contributed by atoms with Crippen LogP contribution in [0.25, 0.3) is 0 Å². The van der Waals surface area contributed by atoms with Crippen molar-refractivity contribution < 1.29 is 136 Å². The van der Waals surface area contributed by atoms with Crippen molar-refractivity contribution in [3.63, 3.8) is 0 Å². The largest absolute Gasteiger partial charge is 0.458 e. The van der Waals surface area contributed by atoms with Crippen molar-refractivity contribution in [3.05, 3.63) is 34.4 Å². The monoisotopic (exact) mass is 802 g/mol. The van der Waals surface area contributed by atoms with Crippen LogP contribution in [0.1, 0.15) is 11.1 Å². The molecule has 0 radical (unpaired) electrons. The molecule has 0 aromatic heterocycles. The molecule has 1 aromatic carbocycles. The highest BCUT2D eigenvalue weighted by Gasteiger charge is 2.96. The average molecular weight is 802 g/mol. The number of benzene rings is 1. The van der Waals surface area contributed by atoms with Crippen LogP contribution in [-0.4, -0.2) is 59.9 Å². The maximum absolute atomic E-state index is 14.2. The highest BCUT2D eigenvalue weighted by Crippen LogP contribution is 2.66. The number of hydrogen-bond acceptors (Lipinski definition) is 1. The van der Waals surface area contributed by atoms with Crippen LogP contribution in [0, 0.1) is 23.3 Å². The van der Waals surface area contributed by atoms with E-state index in [2.05, 4.69) is 0 Å².